The summed E-state index contributed by atoms with van der Waals surface area (Å²) in [7, 11) is 0. The van der Waals surface area contributed by atoms with Crippen molar-refractivity contribution >= 4 is 11.9 Å². The normalized spacial score (nSPS) is 16.0. The highest BCUT2D eigenvalue weighted by Crippen LogP contribution is 2.32. The lowest BCUT2D eigenvalue weighted by Crippen LogP contribution is -2.29. The summed E-state index contributed by atoms with van der Waals surface area (Å²) in [5, 5.41) is 12.0. The monoisotopic (exact) mass is 313 g/mol. The average molecular weight is 313 g/mol. The van der Waals surface area contributed by atoms with E-state index in [-0.39, 0.29) is 23.9 Å². The van der Waals surface area contributed by atoms with Gasteiger partial charge in [-0.15, -0.1) is 0 Å². The summed E-state index contributed by atoms with van der Waals surface area (Å²) in [4.78, 5) is 23.2. The highest BCUT2D eigenvalue weighted by atomic mass is 19.1. The van der Waals surface area contributed by atoms with E-state index < -0.39 is 11.8 Å². The SMILES string of the molecule is O=C(Cc1ccccc1F)NC1CCc2ccc(C(=O)O)cc21. The van der Waals surface area contributed by atoms with Crippen molar-refractivity contribution in [3.05, 3.63) is 70.5 Å². The van der Waals surface area contributed by atoms with Gasteiger partial charge >= 0.3 is 5.97 Å². The molecular weight excluding hydrogens is 297 g/mol. The fourth-order valence-corrected chi connectivity index (χ4v) is 2.95. The van der Waals surface area contributed by atoms with Gasteiger partial charge < -0.3 is 10.4 Å². The molecule has 0 aromatic heterocycles. The maximum atomic E-state index is 13.6. The number of hydrogen-bond donors (Lipinski definition) is 2. The molecule has 0 heterocycles. The third kappa shape index (κ3) is 3.23. The minimum absolute atomic E-state index is 0.0306. The largest absolute Gasteiger partial charge is 0.478 e. The summed E-state index contributed by atoms with van der Waals surface area (Å²) in [6, 6.07) is 10.9. The molecule has 118 valence electrons. The van der Waals surface area contributed by atoms with E-state index in [1.807, 2.05) is 0 Å². The Morgan fingerprint density at radius 1 is 1.22 bits per heavy atom. The Kier molecular flexibility index (Phi) is 4.10. The molecule has 4 nitrogen and oxygen atoms in total. The molecule has 1 aliphatic carbocycles. The van der Waals surface area contributed by atoms with Crippen LogP contribution in [0.3, 0.4) is 0 Å². The van der Waals surface area contributed by atoms with Crippen molar-refractivity contribution < 1.29 is 19.1 Å². The first-order chi connectivity index (χ1) is 11.0. The lowest BCUT2D eigenvalue weighted by Gasteiger charge is -2.15. The number of carbonyl (C=O) groups excluding carboxylic acids is 1. The van der Waals surface area contributed by atoms with Crippen LogP contribution in [0.15, 0.2) is 42.5 Å². The molecule has 23 heavy (non-hydrogen) atoms. The zero-order valence-corrected chi connectivity index (χ0v) is 12.4. The van der Waals surface area contributed by atoms with Crippen molar-refractivity contribution in [3.63, 3.8) is 0 Å². The van der Waals surface area contributed by atoms with E-state index in [1.54, 1.807) is 36.4 Å². The Morgan fingerprint density at radius 2 is 2.00 bits per heavy atom. The van der Waals surface area contributed by atoms with Crippen molar-refractivity contribution in [2.75, 3.05) is 0 Å². The van der Waals surface area contributed by atoms with E-state index in [0.717, 1.165) is 24.0 Å². The first-order valence-corrected chi connectivity index (χ1v) is 7.43. The average Bonchev–Trinajstić information content (AvgIpc) is 2.92. The van der Waals surface area contributed by atoms with Crippen LogP contribution in [0.5, 0.6) is 0 Å². The number of aromatic carboxylic acids is 1. The van der Waals surface area contributed by atoms with Crippen LogP contribution < -0.4 is 5.32 Å². The van der Waals surface area contributed by atoms with Gasteiger partial charge in [0.15, 0.2) is 0 Å². The fraction of sp³-hybridized carbons (Fsp3) is 0.222. The third-order valence-electron chi connectivity index (χ3n) is 4.11. The van der Waals surface area contributed by atoms with Gasteiger partial charge in [-0.2, -0.15) is 0 Å². The number of nitrogens with one attached hydrogen (secondary N) is 1. The second-order valence-electron chi connectivity index (χ2n) is 5.65. The maximum absolute atomic E-state index is 13.6. The Bertz CT molecular complexity index is 773. The molecule has 0 saturated carbocycles. The van der Waals surface area contributed by atoms with Gasteiger partial charge in [0.25, 0.3) is 0 Å². The number of benzene rings is 2. The third-order valence-corrected chi connectivity index (χ3v) is 4.11. The predicted molar refractivity (Wildman–Crippen MR) is 82.7 cm³/mol. The first-order valence-electron chi connectivity index (χ1n) is 7.43. The number of carboxylic acids is 1. The summed E-state index contributed by atoms with van der Waals surface area (Å²) in [6.45, 7) is 0. The van der Waals surface area contributed by atoms with Gasteiger partial charge in [-0.1, -0.05) is 24.3 Å². The van der Waals surface area contributed by atoms with Gasteiger partial charge in [-0.25, -0.2) is 9.18 Å². The number of halogens is 1. The lowest BCUT2D eigenvalue weighted by atomic mass is 10.0. The van der Waals surface area contributed by atoms with Gasteiger partial charge in [0.1, 0.15) is 5.82 Å². The quantitative estimate of drug-likeness (QED) is 0.912. The molecule has 1 unspecified atom stereocenters. The topological polar surface area (TPSA) is 66.4 Å². The van der Waals surface area contributed by atoms with Crippen molar-refractivity contribution in [1.29, 1.82) is 0 Å². The zero-order valence-electron chi connectivity index (χ0n) is 12.4. The standard InChI is InChI=1S/C18H16FNO3/c19-15-4-2-1-3-12(15)10-17(21)20-16-8-7-11-5-6-13(18(22)23)9-14(11)16/h1-6,9,16H,7-8,10H2,(H,20,21)(H,22,23). The van der Waals surface area contributed by atoms with Crippen molar-refractivity contribution in [2.45, 2.75) is 25.3 Å². The molecule has 1 aliphatic rings. The van der Waals surface area contributed by atoms with E-state index in [9.17, 15) is 14.0 Å². The number of carbonyl (C=O) groups is 2. The highest BCUT2D eigenvalue weighted by Gasteiger charge is 2.25. The van der Waals surface area contributed by atoms with E-state index in [2.05, 4.69) is 5.32 Å². The molecule has 1 amide bonds. The van der Waals surface area contributed by atoms with Crippen LogP contribution in [0, 0.1) is 5.82 Å². The number of carboxylic acid groups (broad SMARTS) is 1. The summed E-state index contributed by atoms with van der Waals surface area (Å²) in [6.07, 6.45) is 1.48. The van der Waals surface area contributed by atoms with Crippen molar-refractivity contribution in [3.8, 4) is 0 Å². The van der Waals surface area contributed by atoms with Gasteiger partial charge in [0.05, 0.1) is 18.0 Å². The van der Waals surface area contributed by atoms with Crippen molar-refractivity contribution in [2.24, 2.45) is 0 Å². The molecule has 0 radical (unpaired) electrons. The van der Waals surface area contributed by atoms with Crippen molar-refractivity contribution in [1.82, 2.24) is 5.32 Å². The van der Waals surface area contributed by atoms with Crippen LogP contribution in [0.2, 0.25) is 0 Å². The van der Waals surface area contributed by atoms with Crippen LogP contribution >= 0.6 is 0 Å². The lowest BCUT2D eigenvalue weighted by molar-refractivity contribution is -0.121. The van der Waals surface area contributed by atoms with Crippen LogP contribution in [0.1, 0.15) is 39.5 Å². The molecular formula is C18H16FNO3. The Hall–Kier alpha value is -2.69. The minimum Gasteiger partial charge on any atom is -0.478 e. The second-order valence-corrected chi connectivity index (χ2v) is 5.65. The van der Waals surface area contributed by atoms with E-state index in [4.69, 9.17) is 5.11 Å². The van der Waals surface area contributed by atoms with Crippen LogP contribution in [-0.2, 0) is 17.6 Å². The number of hydrogen-bond acceptors (Lipinski definition) is 2. The fourth-order valence-electron chi connectivity index (χ4n) is 2.95. The van der Waals surface area contributed by atoms with Gasteiger partial charge in [0, 0.05) is 0 Å². The van der Waals surface area contributed by atoms with Crippen LogP contribution in [-0.4, -0.2) is 17.0 Å². The number of aryl methyl sites for hydroxylation is 1. The smallest absolute Gasteiger partial charge is 0.335 e. The van der Waals surface area contributed by atoms with Crippen LogP contribution in [0.4, 0.5) is 4.39 Å². The molecule has 0 fully saturated rings. The molecule has 3 rings (SSSR count). The molecule has 0 saturated heterocycles. The number of fused-ring (bicyclic) bond motifs is 1. The molecule has 2 aromatic rings. The Labute approximate surface area is 133 Å². The minimum atomic E-state index is -0.990. The van der Waals surface area contributed by atoms with E-state index in [1.165, 1.54) is 6.07 Å². The first kappa shape index (κ1) is 15.2. The zero-order chi connectivity index (χ0) is 16.4. The molecule has 0 spiro atoms. The van der Waals surface area contributed by atoms with E-state index >= 15 is 0 Å². The summed E-state index contributed by atoms with van der Waals surface area (Å²) >= 11 is 0. The van der Waals surface area contributed by atoms with Gasteiger partial charge in [-0.3, -0.25) is 4.79 Å². The second kappa shape index (κ2) is 6.20. The molecule has 0 aliphatic heterocycles. The predicted octanol–water partition coefficient (Wildman–Crippen LogP) is 2.87. The highest BCUT2D eigenvalue weighted by molar-refractivity contribution is 5.88. The Morgan fingerprint density at radius 3 is 2.74 bits per heavy atom. The molecule has 1 atom stereocenters. The summed E-state index contributed by atoms with van der Waals surface area (Å²) in [5.74, 6) is -1.66. The number of amides is 1. The Balaban J connectivity index is 1.73. The summed E-state index contributed by atoms with van der Waals surface area (Å²) < 4.78 is 13.6. The molecule has 5 heteroatoms. The van der Waals surface area contributed by atoms with Gasteiger partial charge in [-0.05, 0) is 47.7 Å². The van der Waals surface area contributed by atoms with Gasteiger partial charge in [0.2, 0.25) is 5.91 Å². The number of rotatable bonds is 4. The summed E-state index contributed by atoms with van der Waals surface area (Å²) in [5.41, 5.74) is 2.44. The molecule has 2 aromatic carbocycles. The van der Waals surface area contributed by atoms with Crippen LogP contribution in [0.25, 0.3) is 0 Å². The molecule has 0 bridgehead atoms. The molecule has 2 N–H and O–H groups in total. The van der Waals surface area contributed by atoms with E-state index in [0.29, 0.717) is 5.56 Å². The maximum Gasteiger partial charge on any atom is 0.335 e.